The number of aromatic carboxylic acids is 2. The molecule has 0 unspecified atom stereocenters. The first kappa shape index (κ1) is 10.7. The molecule has 0 fully saturated rings. The summed E-state index contributed by atoms with van der Waals surface area (Å²) in [7, 11) is 0. The van der Waals surface area contributed by atoms with Gasteiger partial charge < -0.3 is 10.2 Å². The molecular weight excluding hydrogens is 204 g/mol. The van der Waals surface area contributed by atoms with E-state index in [1.165, 1.54) is 6.07 Å². The summed E-state index contributed by atoms with van der Waals surface area (Å²) in [6, 6.07) is 1.43. The van der Waals surface area contributed by atoms with Gasteiger partial charge in [0.1, 0.15) is 4.88 Å². The molecule has 0 atom stereocenters. The summed E-state index contributed by atoms with van der Waals surface area (Å²) in [5, 5.41) is 17.5. The van der Waals surface area contributed by atoms with Gasteiger partial charge in [-0.25, -0.2) is 9.59 Å². The number of hydrogen-bond donors (Lipinski definition) is 2. The van der Waals surface area contributed by atoms with Gasteiger partial charge in [0, 0.05) is 4.88 Å². The molecule has 0 radical (unpaired) electrons. The van der Waals surface area contributed by atoms with Crippen LogP contribution in [0.15, 0.2) is 6.07 Å². The van der Waals surface area contributed by atoms with Crippen molar-refractivity contribution in [1.82, 2.24) is 0 Å². The molecule has 76 valence electrons. The highest BCUT2D eigenvalue weighted by Gasteiger charge is 2.21. The van der Waals surface area contributed by atoms with Crippen LogP contribution >= 0.6 is 11.3 Å². The second kappa shape index (κ2) is 3.79. The average Bonchev–Trinajstić information content (AvgIpc) is 2.47. The van der Waals surface area contributed by atoms with Crippen molar-refractivity contribution < 1.29 is 19.8 Å². The van der Waals surface area contributed by atoms with Crippen LogP contribution in [0.3, 0.4) is 0 Å². The number of thiophene rings is 1. The van der Waals surface area contributed by atoms with Crippen LogP contribution in [0, 0.1) is 0 Å². The molecule has 1 heterocycles. The minimum Gasteiger partial charge on any atom is -0.478 e. The molecule has 0 spiro atoms. The third kappa shape index (κ3) is 1.93. The monoisotopic (exact) mass is 214 g/mol. The second-order valence-electron chi connectivity index (χ2n) is 3.16. The van der Waals surface area contributed by atoms with Gasteiger partial charge in [0.25, 0.3) is 0 Å². The van der Waals surface area contributed by atoms with Crippen molar-refractivity contribution in [3.63, 3.8) is 0 Å². The Balaban J connectivity index is 3.26. The molecule has 1 rings (SSSR count). The van der Waals surface area contributed by atoms with Gasteiger partial charge in [-0.15, -0.1) is 11.3 Å². The summed E-state index contributed by atoms with van der Waals surface area (Å²) in [4.78, 5) is 22.1. The molecule has 4 nitrogen and oxygen atoms in total. The van der Waals surface area contributed by atoms with Crippen molar-refractivity contribution >= 4 is 23.3 Å². The molecular formula is C9H10O4S. The van der Waals surface area contributed by atoms with Gasteiger partial charge in [-0.2, -0.15) is 0 Å². The van der Waals surface area contributed by atoms with Crippen molar-refractivity contribution in [3.05, 3.63) is 21.4 Å². The Morgan fingerprint density at radius 1 is 1.29 bits per heavy atom. The van der Waals surface area contributed by atoms with E-state index < -0.39 is 11.9 Å². The predicted octanol–water partition coefficient (Wildman–Crippen LogP) is 2.27. The quantitative estimate of drug-likeness (QED) is 0.809. The third-order valence-corrected chi connectivity index (χ3v) is 3.17. The highest BCUT2D eigenvalue weighted by atomic mass is 32.1. The van der Waals surface area contributed by atoms with Crippen LogP contribution in [0.5, 0.6) is 0 Å². The van der Waals surface area contributed by atoms with E-state index in [2.05, 4.69) is 0 Å². The van der Waals surface area contributed by atoms with E-state index in [1.54, 1.807) is 0 Å². The Hall–Kier alpha value is -1.36. The van der Waals surface area contributed by atoms with E-state index >= 15 is 0 Å². The maximum atomic E-state index is 10.7. The molecule has 0 bridgehead atoms. The first-order valence-electron chi connectivity index (χ1n) is 4.03. The normalized spacial score (nSPS) is 10.5. The topological polar surface area (TPSA) is 74.6 Å². The van der Waals surface area contributed by atoms with Gasteiger partial charge in [-0.1, -0.05) is 13.8 Å². The van der Waals surface area contributed by atoms with Gasteiger partial charge in [0.15, 0.2) is 0 Å². The lowest BCUT2D eigenvalue weighted by atomic mass is 10.1. The van der Waals surface area contributed by atoms with Gasteiger partial charge in [0.2, 0.25) is 0 Å². The number of carboxylic acids is 2. The maximum absolute atomic E-state index is 10.7. The predicted molar refractivity (Wildman–Crippen MR) is 52.3 cm³/mol. The minimum atomic E-state index is -1.19. The summed E-state index contributed by atoms with van der Waals surface area (Å²) in [6.45, 7) is 3.78. The van der Waals surface area contributed by atoms with Gasteiger partial charge >= 0.3 is 11.9 Å². The van der Waals surface area contributed by atoms with Crippen LogP contribution in [0.2, 0.25) is 0 Å². The Labute approximate surface area is 84.8 Å². The summed E-state index contributed by atoms with van der Waals surface area (Å²) >= 11 is 1.02. The fourth-order valence-electron chi connectivity index (χ4n) is 1.01. The summed E-state index contributed by atoms with van der Waals surface area (Å²) in [6.07, 6.45) is 0. The van der Waals surface area contributed by atoms with Crippen LogP contribution in [-0.2, 0) is 0 Å². The van der Waals surface area contributed by atoms with Crippen LogP contribution < -0.4 is 0 Å². The maximum Gasteiger partial charge on any atom is 0.346 e. The van der Waals surface area contributed by atoms with Crippen LogP contribution in [0.4, 0.5) is 0 Å². The van der Waals surface area contributed by atoms with E-state index in [9.17, 15) is 9.59 Å². The largest absolute Gasteiger partial charge is 0.478 e. The molecule has 14 heavy (non-hydrogen) atoms. The highest BCUT2D eigenvalue weighted by molar-refractivity contribution is 7.14. The van der Waals surface area contributed by atoms with Gasteiger partial charge in [-0.05, 0) is 12.0 Å². The molecule has 0 aromatic carbocycles. The lowest BCUT2D eigenvalue weighted by Gasteiger charge is -1.96. The van der Waals surface area contributed by atoms with E-state index in [1.807, 2.05) is 13.8 Å². The fraction of sp³-hybridized carbons (Fsp3) is 0.333. The molecule has 2 N–H and O–H groups in total. The number of carboxylic acid groups (broad SMARTS) is 2. The highest BCUT2D eigenvalue weighted by Crippen LogP contribution is 2.28. The molecule has 1 aromatic heterocycles. The van der Waals surface area contributed by atoms with Crippen molar-refractivity contribution in [1.29, 1.82) is 0 Å². The number of hydrogen-bond acceptors (Lipinski definition) is 3. The lowest BCUT2D eigenvalue weighted by molar-refractivity contribution is 0.0656. The smallest absolute Gasteiger partial charge is 0.346 e. The summed E-state index contributed by atoms with van der Waals surface area (Å²) in [5.74, 6) is -2.23. The Morgan fingerprint density at radius 2 is 1.86 bits per heavy atom. The van der Waals surface area contributed by atoms with E-state index in [-0.39, 0.29) is 16.4 Å². The van der Waals surface area contributed by atoms with Gasteiger partial charge in [0.05, 0.1) is 5.56 Å². The molecule has 0 saturated heterocycles. The lowest BCUT2D eigenvalue weighted by Crippen LogP contribution is -2.03. The van der Waals surface area contributed by atoms with E-state index in [4.69, 9.17) is 10.2 Å². The second-order valence-corrected chi connectivity index (χ2v) is 4.24. The molecule has 5 heteroatoms. The van der Waals surface area contributed by atoms with Crippen molar-refractivity contribution in [2.45, 2.75) is 19.8 Å². The van der Waals surface area contributed by atoms with E-state index in [0.29, 0.717) is 0 Å². The van der Waals surface area contributed by atoms with Crippen molar-refractivity contribution in [2.24, 2.45) is 0 Å². The molecule has 0 saturated carbocycles. The van der Waals surface area contributed by atoms with Crippen molar-refractivity contribution in [2.75, 3.05) is 0 Å². The zero-order valence-electron chi connectivity index (χ0n) is 7.77. The third-order valence-electron chi connectivity index (χ3n) is 1.74. The van der Waals surface area contributed by atoms with Crippen LogP contribution in [0.1, 0.15) is 44.7 Å². The van der Waals surface area contributed by atoms with E-state index in [0.717, 1.165) is 16.2 Å². The average molecular weight is 214 g/mol. The standard InChI is InChI=1S/C9H10O4S/c1-4(2)6-3-5(8(10)11)7(14-6)9(12)13/h3-4H,1-2H3,(H,10,11)(H,12,13). The first-order valence-corrected chi connectivity index (χ1v) is 4.85. The molecule has 0 aliphatic carbocycles. The van der Waals surface area contributed by atoms with Crippen molar-refractivity contribution in [3.8, 4) is 0 Å². The molecule has 0 aliphatic heterocycles. The number of rotatable bonds is 3. The Kier molecular flexibility index (Phi) is 2.90. The Bertz CT molecular complexity index is 347. The first-order chi connectivity index (χ1) is 6.43. The summed E-state index contributed by atoms with van der Waals surface area (Å²) < 4.78 is 0. The molecule has 0 amide bonds. The molecule has 0 aliphatic rings. The SMILES string of the molecule is CC(C)c1cc(C(=O)O)c(C(=O)O)s1. The van der Waals surface area contributed by atoms with Crippen LogP contribution in [-0.4, -0.2) is 22.2 Å². The van der Waals surface area contributed by atoms with Crippen LogP contribution in [0.25, 0.3) is 0 Å². The summed E-state index contributed by atoms with van der Waals surface area (Å²) in [5.41, 5.74) is -0.119. The van der Waals surface area contributed by atoms with Gasteiger partial charge in [-0.3, -0.25) is 0 Å². The minimum absolute atomic E-state index is 0.0961. The zero-order chi connectivity index (χ0) is 10.9. The fourth-order valence-corrected chi connectivity index (χ4v) is 2.00. The zero-order valence-corrected chi connectivity index (χ0v) is 8.59. The number of carbonyl (C=O) groups is 2. The molecule has 1 aromatic rings. The Morgan fingerprint density at radius 3 is 2.14 bits per heavy atom.